The fourth-order valence-corrected chi connectivity index (χ4v) is 2.88. The molecule has 116 valence electrons. The summed E-state index contributed by atoms with van der Waals surface area (Å²) in [6.07, 6.45) is 5.23. The van der Waals surface area contributed by atoms with Crippen LogP contribution in [0.5, 0.6) is 0 Å². The van der Waals surface area contributed by atoms with Gasteiger partial charge in [0.25, 0.3) is 0 Å². The molecule has 21 heavy (non-hydrogen) atoms. The van der Waals surface area contributed by atoms with Gasteiger partial charge in [-0.15, -0.1) is 6.58 Å². The van der Waals surface area contributed by atoms with Gasteiger partial charge in [-0.25, -0.2) is 0 Å². The molecule has 1 heterocycles. The first-order chi connectivity index (χ1) is 10.2. The van der Waals surface area contributed by atoms with E-state index in [2.05, 4.69) is 6.58 Å². The van der Waals surface area contributed by atoms with Crippen molar-refractivity contribution >= 4 is 0 Å². The van der Waals surface area contributed by atoms with Crippen molar-refractivity contribution < 1.29 is 14.6 Å². The van der Waals surface area contributed by atoms with Gasteiger partial charge >= 0.3 is 0 Å². The van der Waals surface area contributed by atoms with Crippen LogP contribution >= 0.6 is 0 Å². The van der Waals surface area contributed by atoms with Crippen LogP contribution in [-0.4, -0.2) is 29.5 Å². The lowest BCUT2D eigenvalue weighted by molar-refractivity contribution is -0.204. The largest absolute Gasteiger partial charge is 0.390 e. The highest BCUT2D eigenvalue weighted by molar-refractivity contribution is 5.13. The fourth-order valence-electron chi connectivity index (χ4n) is 2.88. The second-order valence-electron chi connectivity index (χ2n) is 5.88. The Morgan fingerprint density at radius 2 is 2.24 bits per heavy atom. The van der Waals surface area contributed by atoms with Crippen molar-refractivity contribution in [1.82, 2.24) is 0 Å². The maximum Gasteiger partial charge on any atom is 0.117 e. The summed E-state index contributed by atoms with van der Waals surface area (Å²) in [5, 5.41) is 10.2. The molecule has 2 rings (SSSR count). The average molecular weight is 290 g/mol. The van der Waals surface area contributed by atoms with Gasteiger partial charge < -0.3 is 14.6 Å². The maximum atomic E-state index is 10.2. The fraction of sp³-hybridized carbons (Fsp3) is 0.556. The predicted molar refractivity (Wildman–Crippen MR) is 84.0 cm³/mol. The molecule has 1 aliphatic heterocycles. The summed E-state index contributed by atoms with van der Waals surface area (Å²) in [6.45, 7) is 6.54. The first kappa shape index (κ1) is 16.2. The van der Waals surface area contributed by atoms with E-state index in [9.17, 15) is 5.11 Å². The minimum Gasteiger partial charge on any atom is -0.390 e. The van der Waals surface area contributed by atoms with Crippen molar-refractivity contribution in [3.63, 3.8) is 0 Å². The lowest BCUT2D eigenvalue weighted by Crippen LogP contribution is -2.52. The van der Waals surface area contributed by atoms with Gasteiger partial charge in [0.05, 0.1) is 25.4 Å². The van der Waals surface area contributed by atoms with Gasteiger partial charge in [-0.3, -0.25) is 0 Å². The van der Waals surface area contributed by atoms with Gasteiger partial charge in [0.2, 0.25) is 0 Å². The molecule has 1 aromatic rings. The molecule has 1 fully saturated rings. The Hall–Kier alpha value is -1.16. The third-order valence-corrected chi connectivity index (χ3v) is 4.18. The number of rotatable bonds is 7. The number of aliphatic hydroxyl groups excluding tert-OH is 1. The standard InChI is InChI=1S/C18H26O3/c1-3-8-17-11-7-12-18(21-17,15(2)19)14-20-13-16-9-5-4-6-10-16/h3-6,9-10,15,17,19H,1,7-8,11-14H2,2H3/t15-,17-,18-/m1/s1. The zero-order valence-corrected chi connectivity index (χ0v) is 12.8. The van der Waals surface area contributed by atoms with E-state index in [1.807, 2.05) is 36.4 Å². The van der Waals surface area contributed by atoms with E-state index in [4.69, 9.17) is 9.47 Å². The zero-order valence-electron chi connectivity index (χ0n) is 12.8. The molecule has 1 saturated heterocycles. The Bertz CT molecular complexity index is 429. The summed E-state index contributed by atoms with van der Waals surface area (Å²) in [7, 11) is 0. The van der Waals surface area contributed by atoms with E-state index in [0.29, 0.717) is 13.2 Å². The number of hydrogen-bond acceptors (Lipinski definition) is 3. The molecule has 0 aliphatic carbocycles. The lowest BCUT2D eigenvalue weighted by Gasteiger charge is -2.43. The Labute approximate surface area is 127 Å². The highest BCUT2D eigenvalue weighted by atomic mass is 16.6. The first-order valence-electron chi connectivity index (χ1n) is 7.75. The van der Waals surface area contributed by atoms with Gasteiger partial charge in [0, 0.05) is 0 Å². The van der Waals surface area contributed by atoms with Crippen LogP contribution in [0.3, 0.4) is 0 Å². The van der Waals surface area contributed by atoms with E-state index in [1.165, 1.54) is 0 Å². The molecule has 0 radical (unpaired) electrons. The van der Waals surface area contributed by atoms with Crippen molar-refractivity contribution in [2.75, 3.05) is 6.61 Å². The highest BCUT2D eigenvalue weighted by Gasteiger charge is 2.41. The maximum absolute atomic E-state index is 10.2. The molecule has 0 saturated carbocycles. The van der Waals surface area contributed by atoms with E-state index in [-0.39, 0.29) is 6.10 Å². The van der Waals surface area contributed by atoms with E-state index in [0.717, 1.165) is 31.2 Å². The van der Waals surface area contributed by atoms with Crippen molar-refractivity contribution in [1.29, 1.82) is 0 Å². The minimum atomic E-state index is -0.583. The summed E-state index contributed by atoms with van der Waals surface area (Å²) in [5.41, 5.74) is 0.553. The Morgan fingerprint density at radius 3 is 2.90 bits per heavy atom. The van der Waals surface area contributed by atoms with Crippen molar-refractivity contribution in [2.24, 2.45) is 0 Å². The van der Waals surface area contributed by atoms with Gasteiger partial charge in [0.15, 0.2) is 0 Å². The van der Waals surface area contributed by atoms with Crippen LogP contribution in [-0.2, 0) is 16.1 Å². The molecule has 0 aromatic heterocycles. The van der Waals surface area contributed by atoms with E-state index < -0.39 is 11.7 Å². The zero-order chi connectivity index (χ0) is 15.1. The molecular weight excluding hydrogens is 264 g/mol. The van der Waals surface area contributed by atoms with E-state index in [1.54, 1.807) is 6.92 Å². The molecule has 1 aliphatic rings. The van der Waals surface area contributed by atoms with Crippen LogP contribution in [0, 0.1) is 0 Å². The van der Waals surface area contributed by atoms with Gasteiger partial charge in [-0.2, -0.15) is 0 Å². The van der Waals surface area contributed by atoms with Crippen molar-refractivity contribution in [3.05, 3.63) is 48.6 Å². The van der Waals surface area contributed by atoms with Crippen LogP contribution in [0.25, 0.3) is 0 Å². The van der Waals surface area contributed by atoms with Crippen LogP contribution in [0.15, 0.2) is 43.0 Å². The number of benzene rings is 1. The molecule has 3 heteroatoms. The van der Waals surface area contributed by atoms with Crippen LogP contribution < -0.4 is 0 Å². The molecule has 3 atom stereocenters. The molecule has 0 spiro atoms. The second-order valence-corrected chi connectivity index (χ2v) is 5.88. The number of aliphatic hydroxyl groups is 1. The topological polar surface area (TPSA) is 38.7 Å². The third kappa shape index (κ3) is 4.40. The monoisotopic (exact) mass is 290 g/mol. The van der Waals surface area contributed by atoms with Crippen LogP contribution in [0.1, 0.15) is 38.2 Å². The van der Waals surface area contributed by atoms with Crippen molar-refractivity contribution in [3.8, 4) is 0 Å². The second kappa shape index (κ2) is 7.74. The van der Waals surface area contributed by atoms with Crippen LogP contribution in [0.2, 0.25) is 0 Å². The number of ether oxygens (including phenoxy) is 2. The predicted octanol–water partition coefficient (Wildman–Crippen LogP) is 3.47. The van der Waals surface area contributed by atoms with Crippen LogP contribution in [0.4, 0.5) is 0 Å². The molecule has 1 aromatic carbocycles. The van der Waals surface area contributed by atoms with Gasteiger partial charge in [-0.05, 0) is 38.2 Å². The Morgan fingerprint density at radius 1 is 1.48 bits per heavy atom. The minimum absolute atomic E-state index is 0.145. The Balaban J connectivity index is 1.93. The molecule has 0 bridgehead atoms. The summed E-state index contributed by atoms with van der Waals surface area (Å²) < 4.78 is 12.0. The third-order valence-electron chi connectivity index (χ3n) is 4.18. The molecular formula is C18H26O3. The highest BCUT2D eigenvalue weighted by Crippen LogP contribution is 2.33. The lowest BCUT2D eigenvalue weighted by atomic mass is 9.87. The first-order valence-corrected chi connectivity index (χ1v) is 7.75. The van der Waals surface area contributed by atoms with E-state index >= 15 is 0 Å². The summed E-state index contributed by atoms with van der Waals surface area (Å²) in [6, 6.07) is 10.1. The molecule has 3 nitrogen and oxygen atoms in total. The average Bonchev–Trinajstić information content (AvgIpc) is 2.49. The molecule has 0 unspecified atom stereocenters. The summed E-state index contributed by atoms with van der Waals surface area (Å²) in [5.74, 6) is 0. The Kier molecular flexibility index (Phi) is 5.97. The normalized spacial score (nSPS) is 27.2. The number of hydrogen-bond donors (Lipinski definition) is 1. The SMILES string of the molecule is C=CC[C@@H]1CCC[C@@](COCc2ccccc2)([C@@H](C)O)O1. The summed E-state index contributed by atoms with van der Waals surface area (Å²) in [4.78, 5) is 0. The quantitative estimate of drug-likeness (QED) is 0.782. The summed E-state index contributed by atoms with van der Waals surface area (Å²) >= 11 is 0. The molecule has 0 amide bonds. The molecule has 1 N–H and O–H groups in total. The van der Waals surface area contributed by atoms with Crippen molar-refractivity contribution in [2.45, 2.75) is 57.0 Å². The van der Waals surface area contributed by atoms with Gasteiger partial charge in [0.1, 0.15) is 5.60 Å². The van der Waals surface area contributed by atoms with Gasteiger partial charge in [-0.1, -0.05) is 36.4 Å². The smallest absolute Gasteiger partial charge is 0.117 e.